The molecule has 37 heavy (non-hydrogen) atoms. The van der Waals surface area contributed by atoms with E-state index in [9.17, 15) is 8.42 Å². The Morgan fingerprint density at radius 3 is 2.81 bits per heavy atom. The van der Waals surface area contributed by atoms with E-state index in [0.717, 1.165) is 47.4 Å². The van der Waals surface area contributed by atoms with Crippen LogP contribution in [0, 0.1) is 6.92 Å². The van der Waals surface area contributed by atoms with Gasteiger partial charge in [-0.2, -0.15) is 4.98 Å². The summed E-state index contributed by atoms with van der Waals surface area (Å²) >= 11 is 2.21. The summed E-state index contributed by atoms with van der Waals surface area (Å²) in [7, 11) is -3.36. The average Bonchev–Trinajstić information content (AvgIpc) is 3.00. The van der Waals surface area contributed by atoms with Crippen molar-refractivity contribution in [2.75, 3.05) is 60.0 Å². The number of hydrogen-bond donors (Lipinski definition) is 2. The molecule has 0 unspecified atom stereocenters. The van der Waals surface area contributed by atoms with E-state index >= 15 is 0 Å². The van der Waals surface area contributed by atoms with Crippen molar-refractivity contribution in [1.29, 1.82) is 0 Å². The zero-order chi connectivity index (χ0) is 25.9. The summed E-state index contributed by atoms with van der Waals surface area (Å²) in [6.07, 6.45) is 0.934. The van der Waals surface area contributed by atoms with Crippen LogP contribution in [-0.4, -0.2) is 73.7 Å². The van der Waals surface area contributed by atoms with Crippen LogP contribution in [0.3, 0.4) is 0 Å². The van der Waals surface area contributed by atoms with Crippen molar-refractivity contribution in [3.8, 4) is 0 Å². The van der Waals surface area contributed by atoms with Crippen LogP contribution in [0.25, 0.3) is 10.9 Å². The number of ether oxygens (including phenoxy) is 2. The second kappa shape index (κ2) is 11.4. The summed E-state index contributed by atoms with van der Waals surface area (Å²) in [6, 6.07) is 13.3. The van der Waals surface area contributed by atoms with Crippen LogP contribution >= 0.6 is 22.6 Å². The number of hydrogen-bond acceptors (Lipinski definition) is 9. The highest BCUT2D eigenvalue weighted by atomic mass is 127. The van der Waals surface area contributed by atoms with Crippen LogP contribution < -0.4 is 15.5 Å². The van der Waals surface area contributed by atoms with Crippen molar-refractivity contribution in [3.63, 3.8) is 0 Å². The lowest BCUT2D eigenvalue weighted by Gasteiger charge is -2.42. The number of fused-ring (bicyclic) bond motifs is 2. The molecule has 2 aliphatic heterocycles. The van der Waals surface area contributed by atoms with Crippen molar-refractivity contribution >= 4 is 55.1 Å². The predicted octanol–water partition coefficient (Wildman–Crippen LogP) is 3.30. The lowest BCUT2D eigenvalue weighted by atomic mass is 9.97. The number of benzene rings is 2. The lowest BCUT2D eigenvalue weighted by molar-refractivity contribution is -0.0672. The Morgan fingerprint density at radius 2 is 2.03 bits per heavy atom. The molecule has 3 heterocycles. The van der Waals surface area contributed by atoms with Crippen molar-refractivity contribution < 1.29 is 17.9 Å². The number of nitrogens with zero attached hydrogens (tertiary/aromatic N) is 3. The molecule has 0 saturated carbocycles. The van der Waals surface area contributed by atoms with Crippen LogP contribution in [-0.2, 0) is 25.9 Å². The molecule has 0 atom stereocenters. The topological polar surface area (TPSA) is 106 Å². The van der Waals surface area contributed by atoms with E-state index in [1.807, 2.05) is 36.1 Å². The van der Waals surface area contributed by atoms with Crippen LogP contribution in [0.1, 0.15) is 17.5 Å². The van der Waals surface area contributed by atoms with Gasteiger partial charge in [0.15, 0.2) is 9.84 Å². The molecule has 3 aromatic rings. The van der Waals surface area contributed by atoms with Gasteiger partial charge >= 0.3 is 0 Å². The van der Waals surface area contributed by atoms with Crippen LogP contribution in [0.15, 0.2) is 47.4 Å². The van der Waals surface area contributed by atoms with E-state index in [2.05, 4.69) is 39.3 Å². The zero-order valence-corrected chi connectivity index (χ0v) is 23.8. The van der Waals surface area contributed by atoms with Gasteiger partial charge < -0.3 is 25.0 Å². The summed E-state index contributed by atoms with van der Waals surface area (Å²) < 4.78 is 37.5. The van der Waals surface area contributed by atoms with Gasteiger partial charge in [-0.15, -0.1) is 0 Å². The molecule has 11 heteroatoms. The predicted molar refractivity (Wildman–Crippen MR) is 153 cm³/mol. The number of alkyl halides is 1. The lowest BCUT2D eigenvalue weighted by Crippen LogP contribution is -2.64. The number of rotatable bonds is 10. The fourth-order valence-corrected chi connectivity index (χ4v) is 6.50. The highest BCUT2D eigenvalue weighted by Crippen LogP contribution is 2.29. The van der Waals surface area contributed by atoms with Crippen molar-refractivity contribution in [1.82, 2.24) is 15.3 Å². The molecule has 9 nitrogen and oxygen atoms in total. The summed E-state index contributed by atoms with van der Waals surface area (Å²) in [5.41, 5.74) is 2.54. The normalized spacial score (nSPS) is 18.2. The van der Waals surface area contributed by atoms with E-state index in [1.165, 1.54) is 0 Å². The molecule has 0 spiro atoms. The SMILES string of the molecule is Cc1ccc2nc(N3CCS(=O)(=O)c4ccccc4C3)nc(NCC3(NCCCOCI)COC3)c2c1. The number of nitrogens with one attached hydrogen (secondary N) is 2. The van der Waals surface area contributed by atoms with Gasteiger partial charge in [-0.25, -0.2) is 13.4 Å². The summed E-state index contributed by atoms with van der Waals surface area (Å²) in [4.78, 5) is 12.1. The van der Waals surface area contributed by atoms with Gasteiger partial charge in [-0.05, 0) is 43.7 Å². The maximum Gasteiger partial charge on any atom is 0.228 e. The Bertz CT molecular complexity index is 1370. The molecule has 198 valence electrons. The molecule has 0 amide bonds. The fourth-order valence-electron chi connectivity index (χ4n) is 4.69. The van der Waals surface area contributed by atoms with Gasteiger partial charge in [0.05, 0.1) is 39.5 Å². The molecule has 1 saturated heterocycles. The van der Waals surface area contributed by atoms with Gasteiger partial charge in [-0.3, -0.25) is 0 Å². The summed E-state index contributed by atoms with van der Waals surface area (Å²) in [6.45, 7) is 6.29. The van der Waals surface area contributed by atoms with Gasteiger partial charge in [-0.1, -0.05) is 52.4 Å². The van der Waals surface area contributed by atoms with Crippen molar-refractivity contribution in [2.45, 2.75) is 30.3 Å². The standard InChI is InChI=1S/C26H32IN5O4S/c1-19-7-8-22-21(13-19)24(28-15-26(16-36-17-26)29-9-4-11-35-18-27)31-25(30-22)32-10-12-37(33,34)23-6-3-2-5-20(23)14-32/h2-3,5-8,13,29H,4,9-12,14-18H2,1H3,(H,28,30,31). The van der Waals surface area contributed by atoms with Gasteiger partial charge in [0.2, 0.25) is 5.95 Å². The summed E-state index contributed by atoms with van der Waals surface area (Å²) in [5, 5.41) is 8.15. The Hall–Kier alpha value is -2.06. The van der Waals surface area contributed by atoms with Gasteiger partial charge in [0.1, 0.15) is 5.82 Å². The number of aryl methyl sites for hydroxylation is 1. The molecule has 0 radical (unpaired) electrons. The minimum atomic E-state index is -3.36. The molecule has 2 aliphatic rings. The number of halogens is 1. The first-order valence-corrected chi connectivity index (χ1v) is 15.6. The summed E-state index contributed by atoms with van der Waals surface area (Å²) in [5.74, 6) is 1.28. The van der Waals surface area contributed by atoms with Gasteiger partial charge in [0, 0.05) is 31.6 Å². The van der Waals surface area contributed by atoms with Crippen LogP contribution in [0.4, 0.5) is 11.8 Å². The highest BCUT2D eigenvalue weighted by molar-refractivity contribution is 14.1. The monoisotopic (exact) mass is 637 g/mol. The van der Waals surface area contributed by atoms with Crippen molar-refractivity contribution in [3.05, 3.63) is 53.6 Å². The molecule has 2 aromatic carbocycles. The number of sulfone groups is 1. The maximum absolute atomic E-state index is 12.9. The van der Waals surface area contributed by atoms with Crippen LogP contribution in [0.5, 0.6) is 0 Å². The maximum atomic E-state index is 12.9. The van der Waals surface area contributed by atoms with E-state index in [0.29, 0.717) is 48.3 Å². The molecule has 5 rings (SSSR count). The minimum absolute atomic E-state index is 0.0215. The Morgan fingerprint density at radius 1 is 1.19 bits per heavy atom. The third-order valence-electron chi connectivity index (χ3n) is 6.81. The smallest absolute Gasteiger partial charge is 0.228 e. The Labute approximate surface area is 231 Å². The first-order valence-electron chi connectivity index (χ1n) is 12.4. The quantitative estimate of drug-likeness (QED) is 0.197. The first-order chi connectivity index (χ1) is 17.9. The van der Waals surface area contributed by atoms with E-state index < -0.39 is 9.84 Å². The minimum Gasteiger partial charge on any atom is -0.377 e. The van der Waals surface area contributed by atoms with E-state index in [4.69, 9.17) is 19.4 Å². The fraction of sp³-hybridized carbons (Fsp3) is 0.462. The molecule has 2 N–H and O–H groups in total. The molecule has 0 aliphatic carbocycles. The zero-order valence-electron chi connectivity index (χ0n) is 20.9. The Kier molecular flexibility index (Phi) is 8.15. The molecule has 1 aromatic heterocycles. The highest BCUT2D eigenvalue weighted by Gasteiger charge is 2.38. The molecule has 0 bridgehead atoms. The van der Waals surface area contributed by atoms with E-state index in [1.54, 1.807) is 12.1 Å². The van der Waals surface area contributed by atoms with Crippen LogP contribution in [0.2, 0.25) is 0 Å². The molecular formula is C26H32IN5O4S. The molecular weight excluding hydrogens is 605 g/mol. The third-order valence-corrected chi connectivity index (χ3v) is 9.04. The largest absolute Gasteiger partial charge is 0.377 e. The third kappa shape index (κ3) is 6.00. The van der Waals surface area contributed by atoms with Gasteiger partial charge in [0.25, 0.3) is 0 Å². The van der Waals surface area contributed by atoms with Crippen molar-refractivity contribution in [2.24, 2.45) is 0 Å². The number of aromatic nitrogens is 2. The van der Waals surface area contributed by atoms with E-state index in [-0.39, 0.29) is 11.3 Å². The molecule has 1 fully saturated rings. The number of anilines is 2. The Balaban J connectivity index is 1.41. The average molecular weight is 638 g/mol. The first kappa shape index (κ1) is 26.5. The second-order valence-corrected chi connectivity index (χ2v) is 12.4. The second-order valence-electron chi connectivity index (χ2n) is 9.67.